The van der Waals surface area contributed by atoms with Crippen LogP contribution in [0.2, 0.25) is 15.1 Å². The Hall–Kier alpha value is -0.310. The van der Waals surface area contributed by atoms with Crippen molar-refractivity contribution in [1.29, 1.82) is 0 Å². The summed E-state index contributed by atoms with van der Waals surface area (Å²) in [6.45, 7) is 0. The Morgan fingerprint density at radius 2 is 1.69 bits per heavy atom. The van der Waals surface area contributed by atoms with E-state index in [1.807, 2.05) is 14.1 Å². The van der Waals surface area contributed by atoms with Crippen molar-refractivity contribution in [3.8, 4) is 0 Å². The normalized spacial score (nSPS) is 10.2. The number of nitrogens with zero attached hydrogens (tertiary/aromatic N) is 1. The summed E-state index contributed by atoms with van der Waals surface area (Å²) in [7, 11) is 3.67. The van der Waals surface area contributed by atoms with Crippen molar-refractivity contribution in [3.63, 3.8) is 0 Å². The van der Waals surface area contributed by atoms with Gasteiger partial charge >= 0.3 is 0 Å². The van der Waals surface area contributed by atoms with Crippen LogP contribution in [0.1, 0.15) is 0 Å². The molecule has 0 saturated heterocycles. The van der Waals surface area contributed by atoms with Crippen molar-refractivity contribution in [2.45, 2.75) is 0 Å². The average molecular weight is 240 g/mol. The molecule has 2 nitrogen and oxygen atoms in total. The lowest BCUT2D eigenvalue weighted by atomic mass is 10.2. The van der Waals surface area contributed by atoms with Crippen LogP contribution in [-0.4, -0.2) is 14.1 Å². The van der Waals surface area contributed by atoms with Gasteiger partial charge in [-0.15, -0.1) is 0 Å². The molecule has 1 rings (SSSR count). The second-order valence-corrected chi connectivity index (χ2v) is 3.98. The van der Waals surface area contributed by atoms with Gasteiger partial charge in [-0.1, -0.05) is 34.8 Å². The zero-order valence-corrected chi connectivity index (χ0v) is 9.50. The molecule has 72 valence electrons. The minimum Gasteiger partial charge on any atom is -0.397 e. The van der Waals surface area contributed by atoms with Crippen LogP contribution >= 0.6 is 34.8 Å². The first-order chi connectivity index (χ1) is 5.95. The second-order valence-electron chi connectivity index (χ2n) is 2.82. The summed E-state index contributed by atoms with van der Waals surface area (Å²) in [5.74, 6) is 0. The molecule has 2 N–H and O–H groups in total. The predicted octanol–water partition coefficient (Wildman–Crippen LogP) is 3.30. The third kappa shape index (κ3) is 1.96. The standard InChI is InChI=1S/C8H9Cl3N2/c1-13(2)8-5(12)3-4(9)6(10)7(8)11/h3H,12H2,1-2H3. The largest absolute Gasteiger partial charge is 0.397 e. The summed E-state index contributed by atoms with van der Waals surface area (Å²) in [6, 6.07) is 1.59. The number of rotatable bonds is 1. The van der Waals surface area contributed by atoms with E-state index in [4.69, 9.17) is 40.5 Å². The van der Waals surface area contributed by atoms with Crippen LogP contribution in [0.3, 0.4) is 0 Å². The van der Waals surface area contributed by atoms with Gasteiger partial charge in [0.1, 0.15) is 0 Å². The summed E-state index contributed by atoms with van der Waals surface area (Å²) in [5.41, 5.74) is 6.93. The van der Waals surface area contributed by atoms with Crippen molar-refractivity contribution in [1.82, 2.24) is 0 Å². The molecule has 5 heteroatoms. The Labute approximate surface area is 92.2 Å². The first-order valence-electron chi connectivity index (χ1n) is 3.55. The molecule has 0 amide bonds. The van der Waals surface area contributed by atoms with E-state index in [0.29, 0.717) is 26.4 Å². The molecule has 0 spiro atoms. The van der Waals surface area contributed by atoms with Crippen molar-refractivity contribution in [2.75, 3.05) is 24.7 Å². The summed E-state index contributed by atoms with van der Waals surface area (Å²) in [4.78, 5) is 1.79. The maximum absolute atomic E-state index is 5.96. The maximum Gasteiger partial charge on any atom is 0.0861 e. The van der Waals surface area contributed by atoms with Crippen LogP contribution < -0.4 is 10.6 Å². The quantitative estimate of drug-likeness (QED) is 0.602. The van der Waals surface area contributed by atoms with E-state index in [2.05, 4.69) is 0 Å². The molecule has 0 aliphatic rings. The topological polar surface area (TPSA) is 29.3 Å². The van der Waals surface area contributed by atoms with Gasteiger partial charge in [-0.3, -0.25) is 0 Å². The van der Waals surface area contributed by atoms with Crippen LogP contribution in [0, 0.1) is 0 Å². The summed E-state index contributed by atoms with van der Waals surface area (Å²) in [5, 5.41) is 1.09. The zero-order chi connectivity index (χ0) is 10.2. The highest BCUT2D eigenvalue weighted by molar-refractivity contribution is 6.49. The molecule has 0 fully saturated rings. The number of hydrogen-bond donors (Lipinski definition) is 1. The third-order valence-corrected chi connectivity index (χ3v) is 2.87. The lowest BCUT2D eigenvalue weighted by molar-refractivity contribution is 1.13. The molecule has 1 aromatic rings. The second kappa shape index (κ2) is 3.82. The molecule has 13 heavy (non-hydrogen) atoms. The molecule has 0 bridgehead atoms. The van der Waals surface area contributed by atoms with E-state index in [1.54, 1.807) is 11.0 Å². The SMILES string of the molecule is CN(C)c1c(N)cc(Cl)c(Cl)c1Cl. The predicted molar refractivity (Wildman–Crippen MR) is 60.2 cm³/mol. The summed E-state index contributed by atoms with van der Waals surface area (Å²) >= 11 is 17.6. The molecule has 0 aliphatic carbocycles. The Bertz CT molecular complexity index is 337. The number of nitrogen functional groups attached to an aromatic ring is 1. The zero-order valence-electron chi connectivity index (χ0n) is 7.24. The highest BCUT2D eigenvalue weighted by Gasteiger charge is 2.13. The number of nitrogens with two attached hydrogens (primary N) is 1. The van der Waals surface area contributed by atoms with E-state index < -0.39 is 0 Å². The fourth-order valence-electron chi connectivity index (χ4n) is 1.06. The number of halogens is 3. The van der Waals surface area contributed by atoms with Gasteiger partial charge in [0.2, 0.25) is 0 Å². The van der Waals surface area contributed by atoms with Gasteiger partial charge in [0, 0.05) is 14.1 Å². The van der Waals surface area contributed by atoms with Gasteiger partial charge in [-0.25, -0.2) is 0 Å². The van der Waals surface area contributed by atoms with Crippen LogP contribution in [-0.2, 0) is 0 Å². The highest BCUT2D eigenvalue weighted by Crippen LogP contribution is 2.41. The molecule has 0 heterocycles. The fourth-order valence-corrected chi connectivity index (χ4v) is 1.84. The van der Waals surface area contributed by atoms with Gasteiger partial charge in [0.15, 0.2) is 0 Å². The summed E-state index contributed by atoms with van der Waals surface area (Å²) in [6.07, 6.45) is 0. The van der Waals surface area contributed by atoms with Gasteiger partial charge < -0.3 is 10.6 Å². The van der Waals surface area contributed by atoms with Crippen molar-refractivity contribution in [3.05, 3.63) is 21.1 Å². The molecule has 0 aliphatic heterocycles. The molecule has 0 saturated carbocycles. The summed E-state index contributed by atoms with van der Waals surface area (Å²) < 4.78 is 0. The number of benzene rings is 1. The minimum atomic E-state index is 0.334. The van der Waals surface area contributed by atoms with E-state index in [1.165, 1.54) is 0 Å². The van der Waals surface area contributed by atoms with Crippen molar-refractivity contribution >= 4 is 46.2 Å². The number of hydrogen-bond acceptors (Lipinski definition) is 2. The smallest absolute Gasteiger partial charge is 0.0861 e. The van der Waals surface area contributed by atoms with E-state index in [0.717, 1.165) is 0 Å². The lowest BCUT2D eigenvalue weighted by Gasteiger charge is -2.18. The minimum absolute atomic E-state index is 0.334. The van der Waals surface area contributed by atoms with Crippen LogP contribution in [0.4, 0.5) is 11.4 Å². The van der Waals surface area contributed by atoms with Gasteiger partial charge in [0.05, 0.1) is 26.4 Å². The molecule has 1 aromatic carbocycles. The van der Waals surface area contributed by atoms with Gasteiger partial charge in [0.25, 0.3) is 0 Å². The first-order valence-corrected chi connectivity index (χ1v) is 4.68. The molecule has 0 aromatic heterocycles. The van der Waals surface area contributed by atoms with Gasteiger partial charge in [-0.2, -0.15) is 0 Å². The van der Waals surface area contributed by atoms with Gasteiger partial charge in [-0.05, 0) is 6.07 Å². The van der Waals surface area contributed by atoms with Crippen molar-refractivity contribution in [2.24, 2.45) is 0 Å². The van der Waals surface area contributed by atoms with Crippen LogP contribution in [0.15, 0.2) is 6.07 Å². The monoisotopic (exact) mass is 238 g/mol. The Kier molecular flexibility index (Phi) is 3.17. The molecular weight excluding hydrogens is 230 g/mol. The lowest BCUT2D eigenvalue weighted by Crippen LogP contribution is -2.11. The molecule has 0 radical (unpaired) electrons. The Morgan fingerprint density at radius 3 is 2.15 bits per heavy atom. The van der Waals surface area contributed by atoms with E-state index in [9.17, 15) is 0 Å². The van der Waals surface area contributed by atoms with E-state index >= 15 is 0 Å². The highest BCUT2D eigenvalue weighted by atomic mass is 35.5. The van der Waals surface area contributed by atoms with Crippen LogP contribution in [0.5, 0.6) is 0 Å². The molecule has 0 atom stereocenters. The maximum atomic E-state index is 5.96. The van der Waals surface area contributed by atoms with E-state index in [-0.39, 0.29) is 0 Å². The molecular formula is C8H9Cl3N2. The Morgan fingerprint density at radius 1 is 1.15 bits per heavy atom. The Balaban J connectivity index is 3.44. The third-order valence-electron chi connectivity index (χ3n) is 1.61. The number of anilines is 2. The first kappa shape index (κ1) is 10.8. The average Bonchev–Trinajstić information content (AvgIpc) is 1.99. The molecule has 0 unspecified atom stereocenters. The fraction of sp³-hybridized carbons (Fsp3) is 0.250. The van der Waals surface area contributed by atoms with Crippen LogP contribution in [0.25, 0.3) is 0 Å². The van der Waals surface area contributed by atoms with Crippen molar-refractivity contribution < 1.29 is 0 Å².